The monoisotopic (exact) mass is 564 g/mol. The third-order valence-electron chi connectivity index (χ3n) is 7.14. The first kappa shape index (κ1) is 31.8. The van der Waals surface area contributed by atoms with E-state index in [4.69, 9.17) is 11.5 Å². The molecule has 0 radical (unpaired) electrons. The maximum atomic E-state index is 12.5. The average molecular weight is 565 g/mol. The van der Waals surface area contributed by atoms with Crippen molar-refractivity contribution < 1.29 is 19.2 Å². The first-order chi connectivity index (χ1) is 19.9. The van der Waals surface area contributed by atoms with Crippen LogP contribution in [0.1, 0.15) is 81.8 Å². The van der Waals surface area contributed by atoms with E-state index in [0.29, 0.717) is 51.9 Å². The van der Waals surface area contributed by atoms with Crippen LogP contribution >= 0.6 is 0 Å². The van der Waals surface area contributed by atoms with Gasteiger partial charge in [-0.05, 0) is 91.7 Å². The van der Waals surface area contributed by atoms with Crippen LogP contribution in [0.5, 0.6) is 0 Å². The van der Waals surface area contributed by atoms with Gasteiger partial charge in [0.25, 0.3) is 0 Å². The number of rotatable bonds is 17. The Morgan fingerprint density at radius 2 is 1.05 bits per heavy atom. The van der Waals surface area contributed by atoms with E-state index in [1.54, 1.807) is 0 Å². The predicted molar refractivity (Wildman–Crippen MR) is 162 cm³/mol. The van der Waals surface area contributed by atoms with Gasteiger partial charge in [-0.3, -0.25) is 19.2 Å². The summed E-state index contributed by atoms with van der Waals surface area (Å²) < 4.78 is 0. The maximum Gasteiger partial charge on any atom is 0.224 e. The van der Waals surface area contributed by atoms with Gasteiger partial charge >= 0.3 is 0 Å². The van der Waals surface area contributed by atoms with Crippen LogP contribution in [-0.4, -0.2) is 49.8 Å². The van der Waals surface area contributed by atoms with Gasteiger partial charge in [-0.2, -0.15) is 0 Å². The van der Waals surface area contributed by atoms with Crippen LogP contribution in [0.2, 0.25) is 0 Å². The zero-order valence-electron chi connectivity index (χ0n) is 24.0. The molecule has 0 heterocycles. The molecule has 0 bridgehead atoms. The smallest absolute Gasteiger partial charge is 0.224 e. The number of amides is 4. The van der Waals surface area contributed by atoms with Gasteiger partial charge in [0.05, 0.1) is 0 Å². The van der Waals surface area contributed by atoms with Crippen molar-refractivity contribution in [2.24, 2.45) is 11.5 Å². The predicted octanol–water partition coefficient (Wildman–Crippen LogP) is 3.36. The number of fused-ring (bicyclic) bond motifs is 3. The summed E-state index contributed by atoms with van der Waals surface area (Å²) in [6.45, 7) is 4.30. The van der Waals surface area contributed by atoms with Gasteiger partial charge in [0.1, 0.15) is 0 Å². The molecular formula is C31H44N6O4. The highest BCUT2D eigenvalue weighted by molar-refractivity contribution is 5.94. The lowest BCUT2D eigenvalue weighted by molar-refractivity contribution is -0.122. The summed E-state index contributed by atoms with van der Waals surface area (Å²) in [5.74, 6) is -0.237. The molecule has 2 aromatic carbocycles. The zero-order chi connectivity index (χ0) is 29.6. The van der Waals surface area contributed by atoms with Crippen molar-refractivity contribution in [2.75, 3.05) is 36.8 Å². The minimum atomic E-state index is -0.124. The molecule has 0 aromatic heterocycles. The topological polar surface area (TPSA) is 168 Å². The molecule has 0 unspecified atom stereocenters. The SMILES string of the molecule is CCC1c2cc(NC(=O)CCCC(=O)NCCCN)ccc2-c2ccc(NC(=O)CCCC(=O)NCCCN)cc21. The summed E-state index contributed by atoms with van der Waals surface area (Å²) in [4.78, 5) is 48.7. The Balaban J connectivity index is 1.53. The Hall–Kier alpha value is -3.76. The van der Waals surface area contributed by atoms with E-state index in [0.717, 1.165) is 52.9 Å². The van der Waals surface area contributed by atoms with Gasteiger partial charge in [-0.15, -0.1) is 0 Å². The number of hydrogen-bond acceptors (Lipinski definition) is 6. The Morgan fingerprint density at radius 3 is 1.44 bits per heavy atom. The Labute approximate surface area is 242 Å². The third-order valence-corrected chi connectivity index (χ3v) is 7.14. The number of anilines is 2. The van der Waals surface area contributed by atoms with Crippen LogP contribution in [0.4, 0.5) is 11.4 Å². The molecule has 0 saturated heterocycles. The van der Waals surface area contributed by atoms with Gasteiger partial charge in [0.2, 0.25) is 23.6 Å². The van der Waals surface area contributed by atoms with Gasteiger partial charge in [0, 0.05) is 56.1 Å². The second kappa shape index (κ2) is 16.5. The molecule has 0 fully saturated rings. The molecule has 222 valence electrons. The number of carbonyl (C=O) groups excluding carboxylic acids is 4. The number of nitrogens with two attached hydrogens (primary N) is 2. The standard InChI is InChI=1S/C31H44N6O4/c1-2-23-26-19-21(36-30(40)9-3-7-28(38)34-17-5-15-32)11-13-24(26)25-14-12-22(20-27(23)25)37-31(41)10-4-8-29(39)35-18-6-16-33/h11-14,19-20,23H,2-10,15-18,32-33H2,1H3,(H,34,38)(H,35,39)(H,36,40)(H,37,41). The van der Waals surface area contributed by atoms with Gasteiger partial charge < -0.3 is 32.7 Å². The molecule has 3 rings (SSSR count). The summed E-state index contributed by atoms with van der Waals surface area (Å²) in [7, 11) is 0. The molecule has 8 N–H and O–H groups in total. The number of carbonyl (C=O) groups is 4. The van der Waals surface area contributed by atoms with Crippen molar-refractivity contribution in [1.82, 2.24) is 10.6 Å². The molecule has 0 spiro atoms. The summed E-state index contributed by atoms with van der Waals surface area (Å²) in [5, 5.41) is 11.5. The van der Waals surface area contributed by atoms with E-state index in [2.05, 4.69) is 28.2 Å². The first-order valence-electron chi connectivity index (χ1n) is 14.7. The molecule has 0 aliphatic heterocycles. The summed E-state index contributed by atoms with van der Waals surface area (Å²) in [6, 6.07) is 11.9. The van der Waals surface area contributed by atoms with Crippen LogP contribution in [0.15, 0.2) is 36.4 Å². The summed E-state index contributed by atoms with van der Waals surface area (Å²) in [6.07, 6.45) is 4.43. The largest absolute Gasteiger partial charge is 0.356 e. The second-order valence-corrected chi connectivity index (χ2v) is 10.4. The second-order valence-electron chi connectivity index (χ2n) is 10.4. The molecule has 1 aliphatic rings. The molecule has 2 aromatic rings. The van der Waals surface area contributed by atoms with Gasteiger partial charge in [-0.25, -0.2) is 0 Å². The van der Waals surface area contributed by atoms with Crippen molar-refractivity contribution in [3.05, 3.63) is 47.5 Å². The van der Waals surface area contributed by atoms with Crippen molar-refractivity contribution in [1.29, 1.82) is 0 Å². The van der Waals surface area contributed by atoms with E-state index in [9.17, 15) is 19.2 Å². The minimum Gasteiger partial charge on any atom is -0.356 e. The molecule has 41 heavy (non-hydrogen) atoms. The molecule has 10 heteroatoms. The fourth-order valence-corrected chi connectivity index (χ4v) is 5.06. The lowest BCUT2D eigenvalue weighted by Gasteiger charge is -2.13. The molecule has 0 saturated carbocycles. The highest BCUT2D eigenvalue weighted by Gasteiger charge is 2.28. The van der Waals surface area contributed by atoms with Gasteiger partial charge in [0.15, 0.2) is 0 Å². The number of hydrogen-bond donors (Lipinski definition) is 6. The molecular weight excluding hydrogens is 520 g/mol. The fourth-order valence-electron chi connectivity index (χ4n) is 5.06. The first-order valence-corrected chi connectivity index (χ1v) is 14.7. The van der Waals surface area contributed by atoms with E-state index in [1.807, 2.05) is 36.4 Å². The third kappa shape index (κ3) is 9.68. The Bertz CT molecular complexity index is 1120. The quantitative estimate of drug-likeness (QED) is 0.161. The summed E-state index contributed by atoms with van der Waals surface area (Å²) in [5.41, 5.74) is 16.9. The van der Waals surface area contributed by atoms with Crippen molar-refractivity contribution in [3.8, 4) is 11.1 Å². The van der Waals surface area contributed by atoms with E-state index < -0.39 is 0 Å². The Kier molecular flexibility index (Phi) is 12.8. The van der Waals surface area contributed by atoms with Crippen LogP contribution in [0, 0.1) is 0 Å². The van der Waals surface area contributed by atoms with E-state index >= 15 is 0 Å². The maximum absolute atomic E-state index is 12.5. The Morgan fingerprint density at radius 1 is 0.634 bits per heavy atom. The van der Waals surface area contributed by atoms with Gasteiger partial charge in [-0.1, -0.05) is 19.1 Å². The lowest BCUT2D eigenvalue weighted by Crippen LogP contribution is -2.26. The minimum absolute atomic E-state index is 0.0654. The van der Waals surface area contributed by atoms with Crippen molar-refractivity contribution in [2.45, 2.75) is 70.6 Å². The normalized spacial score (nSPS) is 11.9. The van der Waals surface area contributed by atoms with Crippen molar-refractivity contribution >= 4 is 35.0 Å². The molecule has 10 nitrogen and oxygen atoms in total. The highest BCUT2D eigenvalue weighted by atomic mass is 16.2. The van der Waals surface area contributed by atoms with Crippen LogP contribution in [0.25, 0.3) is 11.1 Å². The molecule has 1 aliphatic carbocycles. The van der Waals surface area contributed by atoms with E-state index in [-0.39, 0.29) is 42.4 Å². The highest BCUT2D eigenvalue weighted by Crippen LogP contribution is 2.48. The average Bonchev–Trinajstić information content (AvgIpc) is 3.25. The van der Waals surface area contributed by atoms with Crippen LogP contribution in [-0.2, 0) is 19.2 Å². The fraction of sp³-hybridized carbons (Fsp3) is 0.484. The number of nitrogens with one attached hydrogen (secondary N) is 4. The van der Waals surface area contributed by atoms with Crippen molar-refractivity contribution in [3.63, 3.8) is 0 Å². The summed E-state index contributed by atoms with van der Waals surface area (Å²) >= 11 is 0. The zero-order valence-corrected chi connectivity index (χ0v) is 24.0. The van der Waals surface area contributed by atoms with E-state index in [1.165, 1.54) is 0 Å². The van der Waals surface area contributed by atoms with Crippen LogP contribution in [0.3, 0.4) is 0 Å². The lowest BCUT2D eigenvalue weighted by atomic mass is 9.94. The molecule has 0 atom stereocenters. The number of benzene rings is 2. The molecule has 4 amide bonds. The van der Waals surface area contributed by atoms with Crippen LogP contribution < -0.4 is 32.7 Å².